The van der Waals surface area contributed by atoms with E-state index in [0.29, 0.717) is 31.2 Å². The molecule has 2 aliphatic carbocycles. The summed E-state index contributed by atoms with van der Waals surface area (Å²) in [5, 5.41) is 9.28. The number of carbonyl (C=O) groups is 1. The van der Waals surface area contributed by atoms with Crippen LogP contribution in [0.5, 0.6) is 0 Å². The molecule has 0 radical (unpaired) electrons. The lowest BCUT2D eigenvalue weighted by Crippen LogP contribution is -2.44. The Morgan fingerprint density at radius 1 is 1.04 bits per heavy atom. The van der Waals surface area contributed by atoms with Crippen LogP contribution in [-0.4, -0.2) is 53.1 Å². The molecule has 0 spiro atoms. The Bertz CT molecular complexity index is 560. The monoisotopic (exact) mass is 344 g/mol. The number of rotatable bonds is 7. The van der Waals surface area contributed by atoms with Crippen LogP contribution < -0.4 is 0 Å². The number of hydrogen-bond acceptors (Lipinski definition) is 3. The first-order valence-corrected chi connectivity index (χ1v) is 9.73. The number of likely N-dealkylation sites (N-methyl/N-ethyl adjacent to an activating group) is 1. The Kier molecular flexibility index (Phi) is 6.13. The Morgan fingerprint density at radius 2 is 1.64 bits per heavy atom. The lowest BCUT2D eigenvalue weighted by atomic mass is 9.86. The zero-order chi connectivity index (χ0) is 17.8. The van der Waals surface area contributed by atoms with Gasteiger partial charge in [-0.3, -0.25) is 9.69 Å². The standard InChI is InChI=1S/C21H32N2O2/c1-16-3-5-17(6-4-16)13-23(20-11-12-20)21(25)14-22(2)19-9-7-18(15-24)8-10-19/h3-6,18-20,24H,7-15H2,1-2H3. The third-order valence-corrected chi connectivity index (χ3v) is 5.86. The Balaban J connectivity index is 1.55. The molecule has 1 N–H and O–H groups in total. The zero-order valence-electron chi connectivity index (χ0n) is 15.7. The highest BCUT2D eigenvalue weighted by Gasteiger charge is 2.34. The molecule has 2 aliphatic rings. The van der Waals surface area contributed by atoms with Gasteiger partial charge in [0.25, 0.3) is 0 Å². The number of carbonyl (C=O) groups excluding carboxylic acids is 1. The highest BCUT2D eigenvalue weighted by Crippen LogP contribution is 2.30. The normalized spacial score (nSPS) is 23.7. The molecule has 138 valence electrons. The minimum absolute atomic E-state index is 0.259. The van der Waals surface area contributed by atoms with Gasteiger partial charge in [0.2, 0.25) is 5.91 Å². The summed E-state index contributed by atoms with van der Waals surface area (Å²) in [6.07, 6.45) is 6.63. The van der Waals surface area contributed by atoms with Gasteiger partial charge in [-0.2, -0.15) is 0 Å². The number of aliphatic hydroxyl groups excluding tert-OH is 1. The third-order valence-electron chi connectivity index (χ3n) is 5.86. The van der Waals surface area contributed by atoms with Crippen LogP contribution in [0.25, 0.3) is 0 Å². The Hall–Kier alpha value is -1.39. The van der Waals surface area contributed by atoms with Crippen molar-refractivity contribution in [1.29, 1.82) is 0 Å². The number of nitrogens with zero attached hydrogens (tertiary/aromatic N) is 2. The van der Waals surface area contributed by atoms with E-state index < -0.39 is 0 Å². The lowest BCUT2D eigenvalue weighted by molar-refractivity contribution is -0.134. The van der Waals surface area contributed by atoms with Crippen LogP contribution in [0.1, 0.15) is 49.7 Å². The summed E-state index contributed by atoms with van der Waals surface area (Å²) in [7, 11) is 2.08. The van der Waals surface area contributed by atoms with Crippen molar-refractivity contribution in [3.8, 4) is 0 Å². The lowest BCUT2D eigenvalue weighted by Gasteiger charge is -2.35. The molecule has 1 aromatic rings. The molecule has 1 aromatic carbocycles. The highest BCUT2D eigenvalue weighted by atomic mass is 16.3. The van der Waals surface area contributed by atoms with E-state index in [0.717, 1.165) is 45.1 Å². The molecular weight excluding hydrogens is 312 g/mol. The van der Waals surface area contributed by atoms with Gasteiger partial charge in [0.1, 0.15) is 0 Å². The third kappa shape index (κ3) is 5.05. The molecule has 0 unspecified atom stereocenters. The molecule has 0 aromatic heterocycles. The van der Waals surface area contributed by atoms with Gasteiger partial charge in [-0.15, -0.1) is 0 Å². The summed E-state index contributed by atoms with van der Waals surface area (Å²) in [4.78, 5) is 17.2. The van der Waals surface area contributed by atoms with Crippen LogP contribution in [0.4, 0.5) is 0 Å². The molecule has 1 amide bonds. The van der Waals surface area contributed by atoms with E-state index in [2.05, 4.69) is 48.0 Å². The predicted molar refractivity (Wildman–Crippen MR) is 100 cm³/mol. The quantitative estimate of drug-likeness (QED) is 0.827. The van der Waals surface area contributed by atoms with Gasteiger partial charge in [-0.05, 0) is 64.0 Å². The maximum Gasteiger partial charge on any atom is 0.237 e. The minimum Gasteiger partial charge on any atom is -0.396 e. The molecule has 4 heteroatoms. The van der Waals surface area contributed by atoms with Crippen molar-refractivity contribution in [2.75, 3.05) is 20.2 Å². The largest absolute Gasteiger partial charge is 0.396 e. The minimum atomic E-state index is 0.259. The van der Waals surface area contributed by atoms with Gasteiger partial charge in [-0.25, -0.2) is 0 Å². The van der Waals surface area contributed by atoms with Crippen molar-refractivity contribution in [2.24, 2.45) is 5.92 Å². The average Bonchev–Trinajstić information content (AvgIpc) is 3.46. The number of aliphatic hydroxyl groups is 1. The zero-order valence-corrected chi connectivity index (χ0v) is 15.7. The maximum atomic E-state index is 12.9. The van der Waals surface area contributed by atoms with E-state index in [4.69, 9.17) is 0 Å². The molecule has 2 saturated carbocycles. The average molecular weight is 344 g/mol. The maximum absolute atomic E-state index is 12.9. The second-order valence-electron chi connectivity index (χ2n) is 8.01. The van der Waals surface area contributed by atoms with E-state index in [1.807, 2.05) is 0 Å². The van der Waals surface area contributed by atoms with Gasteiger partial charge in [0.15, 0.2) is 0 Å². The van der Waals surface area contributed by atoms with Crippen LogP contribution in [0, 0.1) is 12.8 Å². The van der Waals surface area contributed by atoms with E-state index in [1.165, 1.54) is 11.1 Å². The highest BCUT2D eigenvalue weighted by molar-refractivity contribution is 5.79. The van der Waals surface area contributed by atoms with Crippen LogP contribution in [0.15, 0.2) is 24.3 Å². The fourth-order valence-electron chi connectivity index (χ4n) is 3.90. The van der Waals surface area contributed by atoms with Gasteiger partial charge in [0.05, 0.1) is 6.54 Å². The first-order chi connectivity index (χ1) is 12.1. The fourth-order valence-corrected chi connectivity index (χ4v) is 3.90. The Morgan fingerprint density at radius 3 is 2.20 bits per heavy atom. The van der Waals surface area contributed by atoms with Crippen molar-refractivity contribution < 1.29 is 9.90 Å². The van der Waals surface area contributed by atoms with E-state index in [1.54, 1.807) is 0 Å². The predicted octanol–water partition coefficient (Wildman–Crippen LogP) is 2.97. The Labute approximate surface area is 151 Å². The van der Waals surface area contributed by atoms with Gasteiger partial charge >= 0.3 is 0 Å². The fraction of sp³-hybridized carbons (Fsp3) is 0.667. The molecule has 25 heavy (non-hydrogen) atoms. The van der Waals surface area contributed by atoms with Crippen molar-refractivity contribution in [3.05, 3.63) is 35.4 Å². The van der Waals surface area contributed by atoms with Crippen molar-refractivity contribution >= 4 is 5.91 Å². The molecule has 0 atom stereocenters. The van der Waals surface area contributed by atoms with Crippen LogP contribution >= 0.6 is 0 Å². The number of aryl methyl sites for hydroxylation is 1. The van der Waals surface area contributed by atoms with Crippen LogP contribution in [0.2, 0.25) is 0 Å². The first-order valence-electron chi connectivity index (χ1n) is 9.73. The summed E-state index contributed by atoms with van der Waals surface area (Å²) in [5.74, 6) is 0.722. The van der Waals surface area contributed by atoms with Crippen molar-refractivity contribution in [3.63, 3.8) is 0 Å². The number of amides is 1. The van der Waals surface area contributed by atoms with Crippen LogP contribution in [0.3, 0.4) is 0 Å². The SMILES string of the molecule is Cc1ccc(CN(C(=O)CN(C)C2CCC(CO)CC2)C2CC2)cc1. The molecule has 0 bridgehead atoms. The van der Waals surface area contributed by atoms with E-state index in [9.17, 15) is 9.90 Å². The smallest absolute Gasteiger partial charge is 0.237 e. The second-order valence-corrected chi connectivity index (χ2v) is 8.01. The molecule has 0 saturated heterocycles. The molecule has 3 rings (SSSR count). The number of benzene rings is 1. The summed E-state index contributed by atoms with van der Waals surface area (Å²) in [5.41, 5.74) is 2.48. The topological polar surface area (TPSA) is 43.8 Å². The summed E-state index contributed by atoms with van der Waals surface area (Å²) < 4.78 is 0. The van der Waals surface area contributed by atoms with Crippen LogP contribution in [-0.2, 0) is 11.3 Å². The summed E-state index contributed by atoms with van der Waals surface area (Å²) >= 11 is 0. The molecule has 0 aliphatic heterocycles. The van der Waals surface area contributed by atoms with Gasteiger partial charge < -0.3 is 10.0 Å². The molecular formula is C21H32N2O2. The van der Waals surface area contributed by atoms with Gasteiger partial charge in [0, 0.05) is 25.2 Å². The summed E-state index contributed by atoms with van der Waals surface area (Å²) in [6, 6.07) is 9.43. The van der Waals surface area contributed by atoms with Crippen molar-refractivity contribution in [2.45, 2.75) is 64.1 Å². The molecule has 2 fully saturated rings. The second kappa shape index (κ2) is 8.33. The van der Waals surface area contributed by atoms with E-state index >= 15 is 0 Å². The molecule has 0 heterocycles. The summed E-state index contributed by atoms with van der Waals surface area (Å²) in [6.45, 7) is 3.64. The van der Waals surface area contributed by atoms with Gasteiger partial charge in [-0.1, -0.05) is 29.8 Å². The van der Waals surface area contributed by atoms with E-state index in [-0.39, 0.29) is 5.91 Å². The van der Waals surface area contributed by atoms with Crippen molar-refractivity contribution in [1.82, 2.24) is 9.80 Å². The first kappa shape index (κ1) is 18.4. The number of hydrogen-bond donors (Lipinski definition) is 1. The molecule has 4 nitrogen and oxygen atoms in total.